The zero-order valence-corrected chi connectivity index (χ0v) is 11.7. The molecule has 1 aromatic carbocycles. The van der Waals surface area contributed by atoms with Crippen LogP contribution in [0, 0.1) is 5.41 Å². The van der Waals surface area contributed by atoms with Gasteiger partial charge in [0.25, 0.3) is 0 Å². The Morgan fingerprint density at radius 2 is 2.16 bits per heavy atom. The van der Waals surface area contributed by atoms with Gasteiger partial charge in [0.1, 0.15) is 11.6 Å². The highest BCUT2D eigenvalue weighted by Gasteiger charge is 2.23. The second-order valence-electron chi connectivity index (χ2n) is 5.02. The Bertz CT molecular complexity index is 430. The van der Waals surface area contributed by atoms with Crippen molar-refractivity contribution in [2.75, 3.05) is 13.7 Å². The predicted octanol–water partition coefficient (Wildman–Crippen LogP) is 2.37. The number of nitrogens with two attached hydrogens (primary N) is 1. The standard InChI is InChI=1S/C14H22N2O3/c1-14(2,13(15)16-17)7-8-19-10-11-5-4-6-12(9-11)18-3/h4-6,9,17H,7-8,10H2,1-3H3,(H2,15,16). The summed E-state index contributed by atoms with van der Waals surface area (Å²) in [5.41, 5.74) is 6.29. The van der Waals surface area contributed by atoms with E-state index in [2.05, 4.69) is 5.16 Å². The summed E-state index contributed by atoms with van der Waals surface area (Å²) in [7, 11) is 1.64. The molecule has 19 heavy (non-hydrogen) atoms. The molecule has 0 amide bonds. The number of rotatable bonds is 7. The van der Waals surface area contributed by atoms with Gasteiger partial charge in [-0.15, -0.1) is 0 Å². The van der Waals surface area contributed by atoms with Gasteiger partial charge >= 0.3 is 0 Å². The summed E-state index contributed by atoms with van der Waals surface area (Å²) < 4.78 is 10.7. The molecule has 0 aliphatic carbocycles. The smallest absolute Gasteiger partial charge is 0.144 e. The molecule has 0 aliphatic rings. The Labute approximate surface area is 114 Å². The zero-order valence-electron chi connectivity index (χ0n) is 11.7. The molecule has 0 aliphatic heterocycles. The van der Waals surface area contributed by atoms with Crippen LogP contribution in [0.5, 0.6) is 5.75 Å². The van der Waals surface area contributed by atoms with Crippen molar-refractivity contribution >= 4 is 5.84 Å². The Morgan fingerprint density at radius 1 is 1.42 bits per heavy atom. The first-order valence-electron chi connectivity index (χ1n) is 6.18. The number of benzene rings is 1. The van der Waals surface area contributed by atoms with Gasteiger partial charge in [-0.25, -0.2) is 0 Å². The minimum absolute atomic E-state index is 0.220. The first-order chi connectivity index (χ1) is 8.99. The van der Waals surface area contributed by atoms with E-state index in [1.165, 1.54) is 0 Å². The lowest BCUT2D eigenvalue weighted by Gasteiger charge is -2.22. The molecule has 5 nitrogen and oxygen atoms in total. The van der Waals surface area contributed by atoms with Crippen LogP contribution < -0.4 is 10.5 Å². The largest absolute Gasteiger partial charge is 0.497 e. The van der Waals surface area contributed by atoms with E-state index in [-0.39, 0.29) is 11.3 Å². The maximum absolute atomic E-state index is 8.67. The van der Waals surface area contributed by atoms with Gasteiger partial charge in [0.05, 0.1) is 13.7 Å². The second kappa shape index (κ2) is 6.99. The molecule has 0 atom stereocenters. The number of oxime groups is 1. The van der Waals surface area contributed by atoms with Crippen molar-refractivity contribution in [1.82, 2.24) is 0 Å². The average molecular weight is 266 g/mol. The van der Waals surface area contributed by atoms with Gasteiger partial charge in [-0.1, -0.05) is 31.1 Å². The molecule has 0 bridgehead atoms. The average Bonchev–Trinajstić information content (AvgIpc) is 2.43. The van der Waals surface area contributed by atoms with E-state index in [9.17, 15) is 0 Å². The molecule has 0 fully saturated rings. The fraction of sp³-hybridized carbons (Fsp3) is 0.500. The Balaban J connectivity index is 2.38. The molecule has 0 saturated heterocycles. The molecule has 0 radical (unpaired) electrons. The molecular formula is C14H22N2O3. The second-order valence-corrected chi connectivity index (χ2v) is 5.02. The third-order valence-electron chi connectivity index (χ3n) is 3.08. The maximum atomic E-state index is 8.67. The van der Waals surface area contributed by atoms with Crippen LogP contribution in [0.4, 0.5) is 0 Å². The van der Waals surface area contributed by atoms with Crippen molar-refractivity contribution in [2.45, 2.75) is 26.9 Å². The minimum Gasteiger partial charge on any atom is -0.497 e. The van der Waals surface area contributed by atoms with Crippen molar-refractivity contribution in [3.05, 3.63) is 29.8 Å². The lowest BCUT2D eigenvalue weighted by molar-refractivity contribution is 0.103. The molecular weight excluding hydrogens is 244 g/mol. The lowest BCUT2D eigenvalue weighted by atomic mass is 9.88. The fourth-order valence-corrected chi connectivity index (χ4v) is 1.54. The number of ether oxygens (including phenoxy) is 2. The van der Waals surface area contributed by atoms with Gasteiger partial charge in [-0.05, 0) is 24.1 Å². The summed E-state index contributed by atoms with van der Waals surface area (Å²) in [6.07, 6.45) is 0.687. The summed E-state index contributed by atoms with van der Waals surface area (Å²) in [4.78, 5) is 0. The molecule has 106 valence electrons. The van der Waals surface area contributed by atoms with Gasteiger partial charge in [0.2, 0.25) is 0 Å². The normalized spacial score (nSPS) is 12.5. The number of methoxy groups -OCH3 is 1. The predicted molar refractivity (Wildman–Crippen MR) is 74.5 cm³/mol. The third kappa shape index (κ3) is 4.79. The van der Waals surface area contributed by atoms with Crippen molar-refractivity contribution in [2.24, 2.45) is 16.3 Å². The van der Waals surface area contributed by atoms with Gasteiger partial charge in [0, 0.05) is 12.0 Å². The van der Waals surface area contributed by atoms with Crippen LogP contribution in [0.3, 0.4) is 0 Å². The van der Waals surface area contributed by atoms with Crippen LogP contribution in [-0.4, -0.2) is 24.8 Å². The monoisotopic (exact) mass is 266 g/mol. The topological polar surface area (TPSA) is 77.1 Å². The number of amidine groups is 1. The van der Waals surface area contributed by atoms with Gasteiger partial charge in [-0.3, -0.25) is 0 Å². The van der Waals surface area contributed by atoms with Gasteiger partial charge < -0.3 is 20.4 Å². The summed E-state index contributed by atoms with van der Waals surface area (Å²) >= 11 is 0. The summed E-state index contributed by atoms with van der Waals surface area (Å²) in [6, 6.07) is 7.74. The van der Waals surface area contributed by atoms with Crippen molar-refractivity contribution < 1.29 is 14.7 Å². The summed E-state index contributed by atoms with van der Waals surface area (Å²) in [5, 5.41) is 11.7. The van der Waals surface area contributed by atoms with E-state index < -0.39 is 0 Å². The van der Waals surface area contributed by atoms with E-state index in [0.717, 1.165) is 11.3 Å². The molecule has 1 rings (SSSR count). The maximum Gasteiger partial charge on any atom is 0.144 e. The Morgan fingerprint density at radius 3 is 2.79 bits per heavy atom. The molecule has 0 spiro atoms. The highest BCUT2D eigenvalue weighted by Crippen LogP contribution is 2.20. The van der Waals surface area contributed by atoms with Gasteiger partial charge in [-0.2, -0.15) is 0 Å². The highest BCUT2D eigenvalue weighted by molar-refractivity contribution is 5.85. The quantitative estimate of drug-likeness (QED) is 0.261. The summed E-state index contributed by atoms with van der Waals surface area (Å²) in [6.45, 7) is 4.89. The summed E-state index contributed by atoms with van der Waals surface area (Å²) in [5.74, 6) is 1.04. The van der Waals surface area contributed by atoms with Crippen molar-refractivity contribution in [3.63, 3.8) is 0 Å². The third-order valence-corrected chi connectivity index (χ3v) is 3.08. The highest BCUT2D eigenvalue weighted by atomic mass is 16.5. The van der Waals surface area contributed by atoms with Crippen LogP contribution in [0.15, 0.2) is 29.4 Å². The van der Waals surface area contributed by atoms with E-state index in [1.54, 1.807) is 7.11 Å². The number of nitrogens with zero attached hydrogens (tertiary/aromatic N) is 1. The van der Waals surface area contributed by atoms with Crippen LogP contribution >= 0.6 is 0 Å². The van der Waals surface area contributed by atoms with Crippen LogP contribution in [0.2, 0.25) is 0 Å². The van der Waals surface area contributed by atoms with Crippen molar-refractivity contribution in [1.29, 1.82) is 0 Å². The number of hydrogen-bond acceptors (Lipinski definition) is 4. The first-order valence-corrected chi connectivity index (χ1v) is 6.18. The number of hydrogen-bond donors (Lipinski definition) is 2. The Kier molecular flexibility index (Phi) is 5.63. The first kappa shape index (κ1) is 15.3. The van der Waals surface area contributed by atoms with E-state index in [4.69, 9.17) is 20.4 Å². The SMILES string of the molecule is COc1cccc(COCCC(C)(C)C(N)=NO)c1. The molecule has 5 heteroatoms. The van der Waals surface area contributed by atoms with E-state index in [0.29, 0.717) is 19.6 Å². The fourth-order valence-electron chi connectivity index (χ4n) is 1.54. The molecule has 3 N–H and O–H groups in total. The van der Waals surface area contributed by atoms with E-state index >= 15 is 0 Å². The zero-order chi connectivity index (χ0) is 14.3. The van der Waals surface area contributed by atoms with Crippen molar-refractivity contribution in [3.8, 4) is 5.75 Å². The minimum atomic E-state index is -0.372. The molecule has 0 saturated carbocycles. The molecule has 0 aromatic heterocycles. The molecule has 0 heterocycles. The van der Waals surface area contributed by atoms with Crippen LogP contribution in [-0.2, 0) is 11.3 Å². The molecule has 0 unspecified atom stereocenters. The van der Waals surface area contributed by atoms with Crippen LogP contribution in [0.25, 0.3) is 0 Å². The van der Waals surface area contributed by atoms with E-state index in [1.807, 2.05) is 38.1 Å². The van der Waals surface area contributed by atoms with Crippen LogP contribution in [0.1, 0.15) is 25.8 Å². The molecule has 1 aromatic rings. The Hall–Kier alpha value is -1.75. The van der Waals surface area contributed by atoms with Gasteiger partial charge in [0.15, 0.2) is 0 Å². The lowest BCUT2D eigenvalue weighted by Crippen LogP contribution is -2.33.